The Hall–Kier alpha value is -1.36. The molecule has 0 aromatic carbocycles. The highest BCUT2D eigenvalue weighted by molar-refractivity contribution is 6.30. The second-order valence-corrected chi connectivity index (χ2v) is 4.05. The van der Waals surface area contributed by atoms with E-state index < -0.39 is 0 Å². The summed E-state index contributed by atoms with van der Waals surface area (Å²) in [4.78, 5) is 19.1. The van der Waals surface area contributed by atoms with Crippen LogP contribution < -0.4 is 10.6 Å². The predicted molar refractivity (Wildman–Crippen MR) is 61.5 cm³/mol. The van der Waals surface area contributed by atoms with Gasteiger partial charge in [-0.05, 0) is 6.42 Å². The van der Waals surface area contributed by atoms with Crippen LogP contribution in [0.25, 0.3) is 0 Å². The van der Waals surface area contributed by atoms with Crippen LogP contribution in [0.3, 0.4) is 0 Å². The molecule has 86 valence electrons. The standard InChI is InChI=1S/C10H13ClN4O/c1-2-7-9(11)13-5-14-10(7)15-6-3-8(16)12-4-6/h5-6H,2-4H2,1H3,(H,12,16)(H,13,14,15). The van der Waals surface area contributed by atoms with Crippen LogP contribution in [0.4, 0.5) is 5.82 Å². The zero-order valence-corrected chi connectivity index (χ0v) is 9.71. The number of anilines is 1. The number of nitrogens with zero attached hydrogens (tertiary/aromatic N) is 2. The van der Waals surface area contributed by atoms with Crippen LogP contribution in [0, 0.1) is 0 Å². The first kappa shape index (κ1) is 11.1. The number of carbonyl (C=O) groups is 1. The van der Waals surface area contributed by atoms with Gasteiger partial charge in [0, 0.05) is 18.5 Å². The number of amides is 1. The summed E-state index contributed by atoms with van der Waals surface area (Å²) in [5.74, 6) is 0.791. The molecule has 16 heavy (non-hydrogen) atoms. The fourth-order valence-electron chi connectivity index (χ4n) is 1.73. The second kappa shape index (κ2) is 4.65. The smallest absolute Gasteiger partial charge is 0.222 e. The molecule has 1 atom stereocenters. The molecule has 2 N–H and O–H groups in total. The van der Waals surface area contributed by atoms with Gasteiger partial charge in [0.25, 0.3) is 0 Å². The van der Waals surface area contributed by atoms with Gasteiger partial charge in [-0.15, -0.1) is 0 Å². The first-order valence-corrected chi connectivity index (χ1v) is 5.61. The van der Waals surface area contributed by atoms with Crippen LogP contribution in [0.15, 0.2) is 6.33 Å². The molecule has 0 aliphatic carbocycles. The molecule has 0 saturated carbocycles. The monoisotopic (exact) mass is 240 g/mol. The summed E-state index contributed by atoms with van der Waals surface area (Å²) in [5, 5.41) is 6.45. The molecule has 1 aliphatic heterocycles. The quantitative estimate of drug-likeness (QED) is 0.774. The van der Waals surface area contributed by atoms with Gasteiger partial charge in [-0.25, -0.2) is 9.97 Å². The average Bonchev–Trinajstić information content (AvgIpc) is 2.64. The summed E-state index contributed by atoms with van der Waals surface area (Å²) >= 11 is 5.97. The number of carbonyl (C=O) groups excluding carboxylic acids is 1. The molecule has 0 spiro atoms. The Morgan fingerprint density at radius 2 is 2.44 bits per heavy atom. The molecule has 1 aliphatic rings. The van der Waals surface area contributed by atoms with Crippen LogP contribution in [-0.2, 0) is 11.2 Å². The summed E-state index contributed by atoms with van der Waals surface area (Å²) in [6, 6.07) is 0.0868. The lowest BCUT2D eigenvalue weighted by atomic mass is 10.2. The zero-order valence-electron chi connectivity index (χ0n) is 8.96. The lowest BCUT2D eigenvalue weighted by molar-refractivity contribution is -0.119. The molecule has 2 heterocycles. The number of nitrogens with one attached hydrogen (secondary N) is 2. The predicted octanol–water partition coefficient (Wildman–Crippen LogP) is 0.993. The van der Waals surface area contributed by atoms with E-state index in [4.69, 9.17) is 11.6 Å². The molecule has 2 rings (SSSR count). The minimum Gasteiger partial charge on any atom is -0.365 e. The van der Waals surface area contributed by atoms with E-state index in [0.29, 0.717) is 18.1 Å². The third-order valence-electron chi connectivity index (χ3n) is 2.56. The highest BCUT2D eigenvalue weighted by atomic mass is 35.5. The minimum atomic E-state index is 0.0655. The van der Waals surface area contributed by atoms with E-state index in [1.807, 2.05) is 6.92 Å². The van der Waals surface area contributed by atoms with Crippen molar-refractivity contribution in [1.82, 2.24) is 15.3 Å². The molecular formula is C10H13ClN4O. The van der Waals surface area contributed by atoms with Crippen molar-refractivity contribution >= 4 is 23.3 Å². The molecule has 0 bridgehead atoms. The number of halogens is 1. The number of rotatable bonds is 3. The van der Waals surface area contributed by atoms with Crippen molar-refractivity contribution in [3.8, 4) is 0 Å². The van der Waals surface area contributed by atoms with Crippen molar-refractivity contribution in [2.75, 3.05) is 11.9 Å². The van der Waals surface area contributed by atoms with Gasteiger partial charge >= 0.3 is 0 Å². The fourth-order valence-corrected chi connectivity index (χ4v) is 2.00. The minimum absolute atomic E-state index is 0.0655. The van der Waals surface area contributed by atoms with Gasteiger partial charge in [-0.1, -0.05) is 18.5 Å². The third kappa shape index (κ3) is 2.24. The highest BCUT2D eigenvalue weighted by Crippen LogP contribution is 2.21. The van der Waals surface area contributed by atoms with Gasteiger partial charge < -0.3 is 10.6 Å². The maximum absolute atomic E-state index is 11.1. The fraction of sp³-hybridized carbons (Fsp3) is 0.500. The summed E-state index contributed by atoms with van der Waals surface area (Å²) in [6.45, 7) is 2.62. The van der Waals surface area contributed by atoms with Crippen LogP contribution in [0.1, 0.15) is 18.9 Å². The van der Waals surface area contributed by atoms with Crippen LogP contribution in [0.2, 0.25) is 5.15 Å². The summed E-state index contributed by atoms with van der Waals surface area (Å²) in [5.41, 5.74) is 0.892. The van der Waals surface area contributed by atoms with E-state index in [9.17, 15) is 4.79 Å². The Labute approximate surface area is 98.6 Å². The van der Waals surface area contributed by atoms with Crippen LogP contribution in [0.5, 0.6) is 0 Å². The Morgan fingerprint density at radius 3 is 3.06 bits per heavy atom. The molecule has 1 aromatic rings. The van der Waals surface area contributed by atoms with Crippen molar-refractivity contribution in [2.45, 2.75) is 25.8 Å². The highest BCUT2D eigenvalue weighted by Gasteiger charge is 2.22. The maximum atomic E-state index is 11.1. The average molecular weight is 241 g/mol. The van der Waals surface area contributed by atoms with Gasteiger partial charge in [0.05, 0.1) is 6.04 Å². The lowest BCUT2D eigenvalue weighted by Gasteiger charge is -2.14. The van der Waals surface area contributed by atoms with Crippen molar-refractivity contribution < 1.29 is 4.79 Å². The van der Waals surface area contributed by atoms with E-state index in [-0.39, 0.29) is 11.9 Å². The molecular weight excluding hydrogens is 228 g/mol. The normalized spacial score (nSPS) is 19.6. The Bertz CT molecular complexity index is 410. The van der Waals surface area contributed by atoms with Gasteiger partial charge in [0.15, 0.2) is 0 Å². The maximum Gasteiger partial charge on any atom is 0.222 e. The van der Waals surface area contributed by atoms with Crippen molar-refractivity contribution in [3.05, 3.63) is 17.0 Å². The molecule has 1 amide bonds. The summed E-state index contributed by atoms with van der Waals surface area (Å²) in [7, 11) is 0. The molecule has 1 saturated heterocycles. The first-order valence-electron chi connectivity index (χ1n) is 5.23. The molecule has 1 aromatic heterocycles. The van der Waals surface area contributed by atoms with E-state index in [0.717, 1.165) is 17.8 Å². The van der Waals surface area contributed by atoms with Crippen molar-refractivity contribution in [1.29, 1.82) is 0 Å². The Balaban J connectivity index is 2.14. The van der Waals surface area contributed by atoms with Crippen LogP contribution in [-0.4, -0.2) is 28.5 Å². The van der Waals surface area contributed by atoms with Crippen molar-refractivity contribution in [3.63, 3.8) is 0 Å². The van der Waals surface area contributed by atoms with E-state index >= 15 is 0 Å². The van der Waals surface area contributed by atoms with E-state index in [1.165, 1.54) is 6.33 Å². The van der Waals surface area contributed by atoms with E-state index in [1.54, 1.807) is 0 Å². The van der Waals surface area contributed by atoms with Gasteiger partial charge in [-0.2, -0.15) is 0 Å². The Kier molecular flexibility index (Phi) is 3.24. The largest absolute Gasteiger partial charge is 0.365 e. The van der Waals surface area contributed by atoms with Gasteiger partial charge in [0.1, 0.15) is 17.3 Å². The topological polar surface area (TPSA) is 66.9 Å². The van der Waals surface area contributed by atoms with Crippen molar-refractivity contribution in [2.24, 2.45) is 0 Å². The molecule has 6 heteroatoms. The SMILES string of the molecule is CCc1c(Cl)ncnc1NC1CNC(=O)C1. The number of hydrogen-bond acceptors (Lipinski definition) is 4. The van der Waals surface area contributed by atoms with E-state index in [2.05, 4.69) is 20.6 Å². The Morgan fingerprint density at radius 1 is 1.62 bits per heavy atom. The van der Waals surface area contributed by atoms with Gasteiger partial charge in [-0.3, -0.25) is 4.79 Å². The molecule has 1 fully saturated rings. The lowest BCUT2D eigenvalue weighted by Crippen LogP contribution is -2.23. The van der Waals surface area contributed by atoms with Gasteiger partial charge in [0.2, 0.25) is 5.91 Å². The first-order chi connectivity index (χ1) is 7.70. The number of aromatic nitrogens is 2. The third-order valence-corrected chi connectivity index (χ3v) is 2.89. The summed E-state index contributed by atoms with van der Waals surface area (Å²) < 4.78 is 0. The van der Waals surface area contributed by atoms with Crippen LogP contribution >= 0.6 is 11.6 Å². The number of hydrogen-bond donors (Lipinski definition) is 2. The summed E-state index contributed by atoms with van der Waals surface area (Å²) in [6.07, 6.45) is 2.66. The molecule has 1 unspecified atom stereocenters. The second-order valence-electron chi connectivity index (χ2n) is 3.69. The zero-order chi connectivity index (χ0) is 11.5. The molecule has 5 nitrogen and oxygen atoms in total. The molecule has 0 radical (unpaired) electrons.